The van der Waals surface area contributed by atoms with E-state index < -0.39 is 0 Å². The highest BCUT2D eigenvalue weighted by Gasteiger charge is 2.06. The van der Waals surface area contributed by atoms with Gasteiger partial charge in [0.2, 0.25) is 0 Å². The van der Waals surface area contributed by atoms with Gasteiger partial charge in [-0.15, -0.1) is 0 Å². The summed E-state index contributed by atoms with van der Waals surface area (Å²) in [5, 5.41) is 9.02. The number of rotatable bonds is 2. The van der Waals surface area contributed by atoms with Gasteiger partial charge in [-0.25, -0.2) is 0 Å². The van der Waals surface area contributed by atoms with Crippen LogP contribution in [0, 0.1) is 18.3 Å². The number of nitrogens with zero attached hydrogens (tertiary/aromatic N) is 1. The molecule has 0 aliphatic carbocycles. The molecule has 0 aromatic heterocycles. The fraction of sp³-hybridized carbons (Fsp3) is 0.0714. The first-order valence-corrected chi connectivity index (χ1v) is 6.13. The predicted molar refractivity (Wildman–Crippen MR) is 74.5 cm³/mol. The van der Waals surface area contributed by atoms with Gasteiger partial charge in [-0.1, -0.05) is 15.9 Å². The molecule has 90 valence electrons. The summed E-state index contributed by atoms with van der Waals surface area (Å²) >= 11 is 3.36. The van der Waals surface area contributed by atoms with Crippen LogP contribution in [0.15, 0.2) is 40.9 Å². The number of nitrogens with two attached hydrogens (primary N) is 1. The Morgan fingerprint density at radius 3 is 2.67 bits per heavy atom. The molecule has 0 atom stereocenters. The number of halogens is 1. The van der Waals surface area contributed by atoms with Crippen LogP contribution in [0.1, 0.15) is 11.1 Å². The standard InChI is InChI=1S/C14H11BrN2O/c1-9-6-12(4-5-13(9)17)18-14-7-11(15)3-2-10(14)8-16/h2-7H,17H2,1H3. The van der Waals surface area contributed by atoms with Crippen molar-refractivity contribution in [3.8, 4) is 17.6 Å². The summed E-state index contributed by atoms with van der Waals surface area (Å²) in [6.07, 6.45) is 0. The maximum absolute atomic E-state index is 9.02. The second-order valence-corrected chi connectivity index (χ2v) is 4.79. The Labute approximate surface area is 114 Å². The maximum Gasteiger partial charge on any atom is 0.146 e. The highest BCUT2D eigenvalue weighted by atomic mass is 79.9. The zero-order chi connectivity index (χ0) is 13.1. The second-order valence-electron chi connectivity index (χ2n) is 3.87. The van der Waals surface area contributed by atoms with Crippen LogP contribution >= 0.6 is 15.9 Å². The van der Waals surface area contributed by atoms with Gasteiger partial charge in [-0.2, -0.15) is 5.26 Å². The number of benzene rings is 2. The molecule has 0 saturated heterocycles. The van der Waals surface area contributed by atoms with Crippen molar-refractivity contribution >= 4 is 21.6 Å². The molecular weight excluding hydrogens is 292 g/mol. The molecule has 2 aromatic rings. The monoisotopic (exact) mass is 302 g/mol. The quantitative estimate of drug-likeness (QED) is 0.853. The van der Waals surface area contributed by atoms with Crippen molar-refractivity contribution < 1.29 is 4.74 Å². The summed E-state index contributed by atoms with van der Waals surface area (Å²) in [6.45, 7) is 1.91. The van der Waals surface area contributed by atoms with E-state index in [9.17, 15) is 0 Å². The van der Waals surface area contributed by atoms with Crippen LogP contribution in [-0.2, 0) is 0 Å². The van der Waals surface area contributed by atoms with Crippen molar-refractivity contribution in [1.82, 2.24) is 0 Å². The van der Waals surface area contributed by atoms with Crippen molar-refractivity contribution in [3.05, 3.63) is 52.0 Å². The van der Waals surface area contributed by atoms with Crippen molar-refractivity contribution in [2.45, 2.75) is 6.92 Å². The summed E-state index contributed by atoms with van der Waals surface area (Å²) in [5.74, 6) is 1.19. The van der Waals surface area contributed by atoms with Crippen molar-refractivity contribution in [1.29, 1.82) is 5.26 Å². The van der Waals surface area contributed by atoms with E-state index in [-0.39, 0.29) is 0 Å². The van der Waals surface area contributed by atoms with Crippen LogP contribution < -0.4 is 10.5 Å². The molecule has 0 saturated carbocycles. The summed E-state index contributed by atoms with van der Waals surface area (Å²) in [4.78, 5) is 0. The highest BCUT2D eigenvalue weighted by Crippen LogP contribution is 2.29. The molecule has 0 unspecified atom stereocenters. The van der Waals surface area contributed by atoms with Crippen LogP contribution in [0.2, 0.25) is 0 Å². The van der Waals surface area contributed by atoms with Crippen LogP contribution in [0.25, 0.3) is 0 Å². The lowest BCUT2D eigenvalue weighted by atomic mass is 10.2. The van der Waals surface area contributed by atoms with E-state index in [0.717, 1.165) is 15.7 Å². The Kier molecular flexibility index (Phi) is 3.54. The molecule has 3 nitrogen and oxygen atoms in total. The zero-order valence-electron chi connectivity index (χ0n) is 9.77. The molecule has 0 radical (unpaired) electrons. The lowest BCUT2D eigenvalue weighted by Gasteiger charge is -2.09. The topological polar surface area (TPSA) is 59.0 Å². The second kappa shape index (κ2) is 5.11. The van der Waals surface area contributed by atoms with E-state index in [1.54, 1.807) is 30.3 Å². The smallest absolute Gasteiger partial charge is 0.146 e. The van der Waals surface area contributed by atoms with E-state index in [1.807, 2.05) is 13.0 Å². The largest absolute Gasteiger partial charge is 0.456 e. The summed E-state index contributed by atoms with van der Waals surface area (Å²) in [6, 6.07) is 12.8. The summed E-state index contributed by atoms with van der Waals surface area (Å²) < 4.78 is 6.57. The minimum Gasteiger partial charge on any atom is -0.456 e. The average Bonchev–Trinajstić information content (AvgIpc) is 2.34. The van der Waals surface area contributed by atoms with Gasteiger partial charge in [0.1, 0.15) is 17.6 Å². The van der Waals surface area contributed by atoms with Crippen LogP contribution in [0.3, 0.4) is 0 Å². The molecule has 2 N–H and O–H groups in total. The molecule has 0 spiro atoms. The molecule has 0 fully saturated rings. The number of aryl methyl sites for hydroxylation is 1. The van der Waals surface area contributed by atoms with Crippen LogP contribution in [0.4, 0.5) is 5.69 Å². The molecule has 4 heteroatoms. The first-order chi connectivity index (χ1) is 8.60. The van der Waals surface area contributed by atoms with E-state index in [0.29, 0.717) is 17.1 Å². The van der Waals surface area contributed by atoms with Gasteiger partial charge in [0, 0.05) is 10.2 Å². The first-order valence-electron chi connectivity index (χ1n) is 5.34. The Morgan fingerprint density at radius 2 is 2.00 bits per heavy atom. The molecule has 18 heavy (non-hydrogen) atoms. The molecule has 0 aliphatic rings. The van der Waals surface area contributed by atoms with Gasteiger partial charge in [-0.05, 0) is 48.9 Å². The molecule has 0 bridgehead atoms. The molecule has 2 rings (SSSR count). The molecule has 0 aliphatic heterocycles. The third kappa shape index (κ3) is 2.63. The maximum atomic E-state index is 9.02. The highest BCUT2D eigenvalue weighted by molar-refractivity contribution is 9.10. The normalized spacial score (nSPS) is 9.83. The SMILES string of the molecule is Cc1cc(Oc2cc(Br)ccc2C#N)ccc1N. The lowest BCUT2D eigenvalue weighted by Crippen LogP contribution is -1.92. The third-order valence-electron chi connectivity index (χ3n) is 2.53. The molecule has 0 amide bonds. The number of hydrogen-bond acceptors (Lipinski definition) is 3. The van der Waals surface area contributed by atoms with E-state index in [4.69, 9.17) is 15.7 Å². The number of nitriles is 1. The minimum atomic E-state index is 0.493. The molecular formula is C14H11BrN2O. The average molecular weight is 303 g/mol. The van der Waals surface area contributed by atoms with Gasteiger partial charge < -0.3 is 10.5 Å². The van der Waals surface area contributed by atoms with Crippen molar-refractivity contribution in [2.75, 3.05) is 5.73 Å². The van der Waals surface area contributed by atoms with Crippen LogP contribution in [-0.4, -0.2) is 0 Å². The van der Waals surface area contributed by atoms with Gasteiger partial charge >= 0.3 is 0 Å². The summed E-state index contributed by atoms with van der Waals surface area (Å²) in [5.41, 5.74) is 7.91. The Balaban J connectivity index is 2.36. The number of nitrogen functional groups attached to an aromatic ring is 1. The van der Waals surface area contributed by atoms with Crippen molar-refractivity contribution in [2.24, 2.45) is 0 Å². The fourth-order valence-electron chi connectivity index (χ4n) is 1.51. The van der Waals surface area contributed by atoms with Crippen molar-refractivity contribution in [3.63, 3.8) is 0 Å². The number of hydrogen-bond donors (Lipinski definition) is 1. The van der Waals surface area contributed by atoms with Crippen LogP contribution in [0.5, 0.6) is 11.5 Å². The third-order valence-corrected chi connectivity index (χ3v) is 3.03. The predicted octanol–water partition coefficient (Wildman–Crippen LogP) is 4.00. The molecule has 2 aromatic carbocycles. The zero-order valence-corrected chi connectivity index (χ0v) is 11.4. The number of anilines is 1. The fourth-order valence-corrected chi connectivity index (χ4v) is 1.85. The van der Waals surface area contributed by atoms with Gasteiger partial charge in [0.25, 0.3) is 0 Å². The summed E-state index contributed by atoms with van der Waals surface area (Å²) in [7, 11) is 0. The first kappa shape index (κ1) is 12.5. The Morgan fingerprint density at radius 1 is 1.22 bits per heavy atom. The Bertz CT molecular complexity index is 632. The van der Waals surface area contributed by atoms with E-state index in [1.165, 1.54) is 0 Å². The minimum absolute atomic E-state index is 0.493. The lowest BCUT2D eigenvalue weighted by molar-refractivity contribution is 0.480. The van der Waals surface area contributed by atoms with Gasteiger partial charge in [-0.3, -0.25) is 0 Å². The van der Waals surface area contributed by atoms with E-state index in [2.05, 4.69) is 22.0 Å². The van der Waals surface area contributed by atoms with Gasteiger partial charge in [0.05, 0.1) is 5.56 Å². The van der Waals surface area contributed by atoms with Gasteiger partial charge in [0.15, 0.2) is 0 Å². The van der Waals surface area contributed by atoms with E-state index >= 15 is 0 Å². The molecule has 0 heterocycles. The Hall–Kier alpha value is -1.99. The number of ether oxygens (including phenoxy) is 1.